The van der Waals surface area contributed by atoms with E-state index in [2.05, 4.69) is 40.3 Å². The van der Waals surface area contributed by atoms with Gasteiger partial charge in [0.25, 0.3) is 5.91 Å². The van der Waals surface area contributed by atoms with Crippen LogP contribution in [0.4, 0.5) is 11.4 Å². The van der Waals surface area contributed by atoms with E-state index in [4.69, 9.17) is 4.74 Å². The van der Waals surface area contributed by atoms with E-state index in [1.54, 1.807) is 13.3 Å². The van der Waals surface area contributed by atoms with E-state index in [0.717, 1.165) is 23.4 Å². The maximum atomic E-state index is 12.7. The number of fused-ring (bicyclic) bond motifs is 1. The number of hydrogen-bond donors (Lipinski definition) is 1. The Labute approximate surface area is 165 Å². The maximum absolute atomic E-state index is 12.7. The summed E-state index contributed by atoms with van der Waals surface area (Å²) in [6.07, 6.45) is 4.41. The lowest BCUT2D eigenvalue weighted by Gasteiger charge is -2.25. The zero-order chi connectivity index (χ0) is 19.5. The van der Waals surface area contributed by atoms with Gasteiger partial charge < -0.3 is 15.0 Å². The van der Waals surface area contributed by atoms with Gasteiger partial charge in [-0.3, -0.25) is 9.78 Å². The predicted molar refractivity (Wildman–Crippen MR) is 110 cm³/mol. The Morgan fingerprint density at radius 1 is 1.18 bits per heavy atom. The van der Waals surface area contributed by atoms with E-state index >= 15 is 0 Å². The van der Waals surface area contributed by atoms with Gasteiger partial charge in [-0.15, -0.1) is 0 Å². The van der Waals surface area contributed by atoms with Gasteiger partial charge in [0.2, 0.25) is 0 Å². The van der Waals surface area contributed by atoms with Crippen LogP contribution in [0, 0.1) is 0 Å². The number of hydrogen-bond acceptors (Lipinski definition) is 4. The molecule has 5 nitrogen and oxygen atoms in total. The first-order chi connectivity index (χ1) is 13.7. The first-order valence-corrected chi connectivity index (χ1v) is 9.39. The zero-order valence-electron chi connectivity index (χ0n) is 16.1. The van der Waals surface area contributed by atoms with E-state index in [9.17, 15) is 4.79 Å². The fraction of sp³-hybridized carbons (Fsp3) is 0.217. The number of pyridine rings is 1. The topological polar surface area (TPSA) is 54.5 Å². The molecule has 0 fully saturated rings. The van der Waals surface area contributed by atoms with Crippen molar-refractivity contribution in [2.24, 2.45) is 0 Å². The number of methoxy groups -OCH3 is 1. The summed E-state index contributed by atoms with van der Waals surface area (Å²) in [7, 11) is 1.63. The number of nitrogens with zero attached hydrogens (tertiary/aromatic N) is 2. The van der Waals surface area contributed by atoms with Crippen molar-refractivity contribution in [1.29, 1.82) is 0 Å². The van der Waals surface area contributed by atoms with Crippen LogP contribution in [0.3, 0.4) is 0 Å². The minimum absolute atomic E-state index is 0.152. The molecular formula is C23H23N3O2. The van der Waals surface area contributed by atoms with Crippen molar-refractivity contribution in [3.05, 3.63) is 83.7 Å². The Morgan fingerprint density at radius 3 is 2.82 bits per heavy atom. The first-order valence-electron chi connectivity index (χ1n) is 9.39. The Morgan fingerprint density at radius 2 is 1.96 bits per heavy atom. The summed E-state index contributed by atoms with van der Waals surface area (Å²) in [6.45, 7) is 2.59. The van der Waals surface area contributed by atoms with Crippen LogP contribution in [0.5, 0.6) is 5.75 Å². The molecule has 3 aromatic rings. The van der Waals surface area contributed by atoms with Crippen LogP contribution in [0.2, 0.25) is 0 Å². The maximum Gasteiger partial charge on any atom is 0.253 e. The second-order valence-electron chi connectivity index (χ2n) is 6.98. The quantitative estimate of drug-likeness (QED) is 0.731. The average Bonchev–Trinajstić information content (AvgIpc) is 3.08. The molecular weight excluding hydrogens is 350 g/mol. The Hall–Kier alpha value is -3.34. The summed E-state index contributed by atoms with van der Waals surface area (Å²) in [5.41, 5.74) is 4.92. The Kier molecular flexibility index (Phi) is 4.98. The normalized spacial score (nSPS) is 15.2. The fourth-order valence-electron chi connectivity index (χ4n) is 3.77. The monoisotopic (exact) mass is 373 g/mol. The van der Waals surface area contributed by atoms with Gasteiger partial charge >= 0.3 is 0 Å². The number of aromatic nitrogens is 1. The largest absolute Gasteiger partial charge is 0.496 e. The second kappa shape index (κ2) is 7.72. The lowest BCUT2D eigenvalue weighted by molar-refractivity contribution is 0.0950. The average molecular weight is 373 g/mol. The molecule has 5 heteroatoms. The first kappa shape index (κ1) is 18.0. The molecule has 0 saturated carbocycles. The highest BCUT2D eigenvalue weighted by Crippen LogP contribution is 2.37. The number of nitrogens with one attached hydrogen (secondary N) is 1. The summed E-state index contributed by atoms with van der Waals surface area (Å²) < 4.78 is 5.34. The molecule has 28 heavy (non-hydrogen) atoms. The van der Waals surface area contributed by atoms with Crippen molar-refractivity contribution < 1.29 is 9.53 Å². The van der Waals surface area contributed by atoms with E-state index in [-0.39, 0.29) is 5.91 Å². The van der Waals surface area contributed by atoms with Crippen LogP contribution >= 0.6 is 0 Å². The van der Waals surface area contributed by atoms with Crippen LogP contribution in [-0.4, -0.2) is 24.0 Å². The molecule has 0 bridgehead atoms. The molecule has 1 aromatic heterocycles. The van der Waals surface area contributed by atoms with Gasteiger partial charge in [-0.1, -0.05) is 36.4 Å². The van der Waals surface area contributed by atoms with Crippen molar-refractivity contribution in [3.63, 3.8) is 0 Å². The molecule has 2 aromatic carbocycles. The molecule has 1 aliphatic rings. The molecule has 1 N–H and O–H groups in total. The number of carbonyl (C=O) groups is 1. The third-order valence-corrected chi connectivity index (χ3v) is 5.10. The lowest BCUT2D eigenvalue weighted by atomic mass is 10.1. The van der Waals surface area contributed by atoms with Crippen LogP contribution < -0.4 is 15.0 Å². The van der Waals surface area contributed by atoms with Gasteiger partial charge in [-0.05, 0) is 37.1 Å². The Balaban J connectivity index is 1.53. The van der Waals surface area contributed by atoms with Gasteiger partial charge in [0.15, 0.2) is 0 Å². The standard InChI is InChI=1S/C23H23N3O2/c1-16-11-17-7-3-5-9-21(17)26(16)20-12-19(13-24-15-20)23(27)25-14-18-8-4-6-10-22(18)28-2/h3-10,12-13,15-16H,11,14H2,1-2H3,(H,25,27). The number of rotatable bonds is 5. The number of para-hydroxylation sites is 2. The van der Waals surface area contributed by atoms with E-state index < -0.39 is 0 Å². The third-order valence-electron chi connectivity index (χ3n) is 5.10. The highest BCUT2D eigenvalue weighted by Gasteiger charge is 2.27. The SMILES string of the molecule is COc1ccccc1CNC(=O)c1cncc(N2c3ccccc3CC2C)c1. The zero-order valence-corrected chi connectivity index (χ0v) is 16.1. The molecule has 0 saturated heterocycles. The smallest absolute Gasteiger partial charge is 0.253 e. The highest BCUT2D eigenvalue weighted by atomic mass is 16.5. The van der Waals surface area contributed by atoms with Gasteiger partial charge in [-0.25, -0.2) is 0 Å². The fourth-order valence-corrected chi connectivity index (χ4v) is 3.77. The molecule has 1 amide bonds. The predicted octanol–water partition coefficient (Wildman–Crippen LogP) is 4.10. The molecule has 1 aliphatic heterocycles. The third kappa shape index (κ3) is 3.43. The second-order valence-corrected chi connectivity index (χ2v) is 6.98. The van der Waals surface area contributed by atoms with Crippen LogP contribution in [-0.2, 0) is 13.0 Å². The molecule has 1 unspecified atom stereocenters. The minimum Gasteiger partial charge on any atom is -0.496 e. The van der Waals surface area contributed by atoms with Crippen molar-refractivity contribution in [3.8, 4) is 5.75 Å². The summed E-state index contributed by atoms with van der Waals surface area (Å²) in [5.74, 6) is 0.609. The summed E-state index contributed by atoms with van der Waals surface area (Å²) in [6, 6.07) is 18.3. The molecule has 0 aliphatic carbocycles. The molecule has 2 heterocycles. The minimum atomic E-state index is -0.152. The van der Waals surface area contributed by atoms with E-state index in [1.165, 1.54) is 11.3 Å². The van der Waals surface area contributed by atoms with Crippen molar-refractivity contribution in [1.82, 2.24) is 10.3 Å². The van der Waals surface area contributed by atoms with Crippen LogP contribution in [0.15, 0.2) is 67.0 Å². The number of amides is 1. The van der Waals surface area contributed by atoms with E-state index in [0.29, 0.717) is 18.2 Å². The van der Waals surface area contributed by atoms with Crippen LogP contribution in [0.25, 0.3) is 0 Å². The summed E-state index contributed by atoms with van der Waals surface area (Å²) in [4.78, 5) is 19.3. The molecule has 0 spiro atoms. The van der Waals surface area contributed by atoms with Crippen molar-refractivity contribution in [2.45, 2.75) is 25.9 Å². The molecule has 1 atom stereocenters. The van der Waals surface area contributed by atoms with E-state index in [1.807, 2.05) is 42.6 Å². The number of ether oxygens (including phenoxy) is 1. The van der Waals surface area contributed by atoms with Crippen molar-refractivity contribution in [2.75, 3.05) is 12.0 Å². The summed E-state index contributed by atoms with van der Waals surface area (Å²) >= 11 is 0. The van der Waals surface area contributed by atoms with Gasteiger partial charge in [0, 0.05) is 30.0 Å². The number of benzene rings is 2. The number of carbonyl (C=O) groups excluding carboxylic acids is 1. The van der Waals surface area contributed by atoms with Gasteiger partial charge in [0.05, 0.1) is 24.6 Å². The van der Waals surface area contributed by atoms with Crippen molar-refractivity contribution >= 4 is 17.3 Å². The number of anilines is 2. The Bertz CT molecular complexity index is 1000. The molecule has 4 rings (SSSR count). The lowest BCUT2D eigenvalue weighted by Crippen LogP contribution is -2.26. The molecule has 0 radical (unpaired) electrons. The highest BCUT2D eigenvalue weighted by molar-refractivity contribution is 5.95. The summed E-state index contributed by atoms with van der Waals surface area (Å²) in [5, 5.41) is 2.96. The van der Waals surface area contributed by atoms with Gasteiger partial charge in [0.1, 0.15) is 5.75 Å². The molecule has 142 valence electrons. The van der Waals surface area contributed by atoms with Crippen LogP contribution in [0.1, 0.15) is 28.4 Å². The van der Waals surface area contributed by atoms with Gasteiger partial charge in [-0.2, -0.15) is 0 Å².